The molecule has 1 heteroatoms. The zero-order valence-corrected chi connectivity index (χ0v) is 3.35. The normalized spacial score (nSPS) is 19.7. The van der Waals surface area contributed by atoms with Gasteiger partial charge in [-0.2, -0.15) is 0 Å². The summed E-state index contributed by atoms with van der Waals surface area (Å²) in [6.45, 7) is 0. The van der Waals surface area contributed by atoms with Crippen LogP contribution in [0.2, 0.25) is 0 Å². The highest BCUT2D eigenvalue weighted by molar-refractivity contribution is 5.92. The van der Waals surface area contributed by atoms with Gasteiger partial charge >= 0.3 is 0 Å². The van der Waals surface area contributed by atoms with Crippen LogP contribution in [0, 0.1) is 6.42 Å². The molecule has 6 heavy (non-hydrogen) atoms. The van der Waals surface area contributed by atoms with Gasteiger partial charge in [0.1, 0.15) is 5.78 Å². The van der Waals surface area contributed by atoms with Crippen molar-refractivity contribution in [1.82, 2.24) is 0 Å². The molecule has 0 amide bonds. The van der Waals surface area contributed by atoms with Gasteiger partial charge in [0.15, 0.2) is 0 Å². The Balaban J connectivity index is 2.52. The zero-order valence-electron chi connectivity index (χ0n) is 3.35. The molecule has 1 aliphatic carbocycles. The Labute approximate surface area is 36.7 Å². The lowest BCUT2D eigenvalue weighted by molar-refractivity contribution is -0.114. The molecule has 0 saturated carbocycles. The van der Waals surface area contributed by atoms with Gasteiger partial charge in [-0.15, -0.1) is 0 Å². The lowest BCUT2D eigenvalue weighted by atomic mass is 10.3. The summed E-state index contributed by atoms with van der Waals surface area (Å²) in [5, 5.41) is 0. The monoisotopic (exact) mass is 81.0 g/mol. The van der Waals surface area contributed by atoms with E-state index in [1.165, 1.54) is 0 Å². The van der Waals surface area contributed by atoms with E-state index < -0.39 is 0 Å². The third kappa shape index (κ3) is 0.482. The molecular weight excluding hydrogens is 76.1 g/mol. The van der Waals surface area contributed by atoms with Crippen molar-refractivity contribution in [3.63, 3.8) is 0 Å². The lowest BCUT2D eigenvalue weighted by Crippen LogP contribution is -1.84. The van der Waals surface area contributed by atoms with Crippen LogP contribution in [0.15, 0.2) is 12.2 Å². The minimum absolute atomic E-state index is 0.218. The molecule has 0 fully saturated rings. The fourth-order valence-electron chi connectivity index (χ4n) is 0.428. The SMILES string of the molecule is O=C1[CH]C=CC1. The Morgan fingerprint density at radius 2 is 2.50 bits per heavy atom. The van der Waals surface area contributed by atoms with E-state index in [4.69, 9.17) is 0 Å². The summed E-state index contributed by atoms with van der Waals surface area (Å²) in [6, 6.07) is 0. The Kier molecular flexibility index (Phi) is 0.748. The molecule has 0 heterocycles. The summed E-state index contributed by atoms with van der Waals surface area (Å²) in [7, 11) is 0. The van der Waals surface area contributed by atoms with Gasteiger partial charge < -0.3 is 0 Å². The van der Waals surface area contributed by atoms with Crippen molar-refractivity contribution < 1.29 is 4.79 Å². The van der Waals surface area contributed by atoms with Crippen molar-refractivity contribution in [3.8, 4) is 0 Å². The second-order valence-corrected chi connectivity index (χ2v) is 1.27. The quantitative estimate of drug-likeness (QED) is 0.420. The second kappa shape index (κ2) is 1.25. The van der Waals surface area contributed by atoms with Crippen LogP contribution in [0.5, 0.6) is 0 Å². The van der Waals surface area contributed by atoms with E-state index in [2.05, 4.69) is 0 Å². The molecule has 0 spiro atoms. The first kappa shape index (κ1) is 3.59. The Hall–Kier alpha value is -0.590. The van der Waals surface area contributed by atoms with Gasteiger partial charge in [0.25, 0.3) is 0 Å². The third-order valence-electron chi connectivity index (χ3n) is 0.737. The fourth-order valence-corrected chi connectivity index (χ4v) is 0.428. The van der Waals surface area contributed by atoms with Crippen molar-refractivity contribution in [3.05, 3.63) is 18.6 Å². The number of hydrogen-bond donors (Lipinski definition) is 0. The molecule has 0 N–H and O–H groups in total. The second-order valence-electron chi connectivity index (χ2n) is 1.27. The molecule has 0 unspecified atom stereocenters. The van der Waals surface area contributed by atoms with Crippen LogP contribution >= 0.6 is 0 Å². The molecule has 1 rings (SSSR count). The molecule has 0 aliphatic heterocycles. The van der Waals surface area contributed by atoms with E-state index in [0.717, 1.165) is 0 Å². The minimum Gasteiger partial charge on any atom is -0.299 e. The summed E-state index contributed by atoms with van der Waals surface area (Å²) in [4.78, 5) is 10.1. The Bertz CT molecular complexity index is 82.1. The Morgan fingerprint density at radius 1 is 1.67 bits per heavy atom. The van der Waals surface area contributed by atoms with Gasteiger partial charge in [-0.3, -0.25) is 4.79 Å². The third-order valence-corrected chi connectivity index (χ3v) is 0.737. The number of hydrogen-bond acceptors (Lipinski definition) is 1. The van der Waals surface area contributed by atoms with Gasteiger partial charge in [0, 0.05) is 12.8 Å². The maximum atomic E-state index is 10.1. The van der Waals surface area contributed by atoms with Gasteiger partial charge in [0.2, 0.25) is 0 Å². The van der Waals surface area contributed by atoms with E-state index in [-0.39, 0.29) is 5.78 Å². The van der Waals surface area contributed by atoms with Gasteiger partial charge in [-0.25, -0.2) is 0 Å². The van der Waals surface area contributed by atoms with Crippen molar-refractivity contribution in [2.75, 3.05) is 0 Å². The topological polar surface area (TPSA) is 17.1 Å². The van der Waals surface area contributed by atoms with Crippen molar-refractivity contribution >= 4 is 5.78 Å². The van der Waals surface area contributed by atoms with Crippen molar-refractivity contribution in [1.29, 1.82) is 0 Å². The molecule has 1 nitrogen and oxygen atoms in total. The first-order chi connectivity index (χ1) is 2.89. The number of rotatable bonds is 0. The summed E-state index contributed by atoms with van der Waals surface area (Å²) in [5.74, 6) is 0.218. The lowest BCUT2D eigenvalue weighted by Gasteiger charge is -1.72. The number of ketones is 1. The van der Waals surface area contributed by atoms with Crippen LogP contribution in [-0.2, 0) is 4.79 Å². The molecule has 31 valence electrons. The van der Waals surface area contributed by atoms with Crippen LogP contribution in [-0.4, -0.2) is 5.78 Å². The van der Waals surface area contributed by atoms with Gasteiger partial charge in [0.05, 0.1) is 0 Å². The first-order valence-corrected chi connectivity index (χ1v) is 1.92. The molecule has 0 atom stereocenters. The minimum atomic E-state index is 0.218. The smallest absolute Gasteiger partial charge is 0.144 e. The van der Waals surface area contributed by atoms with Gasteiger partial charge in [-0.1, -0.05) is 12.2 Å². The average Bonchev–Trinajstić information content (AvgIpc) is 1.86. The maximum Gasteiger partial charge on any atom is 0.144 e. The first-order valence-electron chi connectivity index (χ1n) is 1.92. The van der Waals surface area contributed by atoms with Crippen molar-refractivity contribution in [2.45, 2.75) is 6.42 Å². The largest absolute Gasteiger partial charge is 0.299 e. The highest BCUT2D eigenvalue weighted by Gasteiger charge is 2.00. The molecule has 0 bridgehead atoms. The van der Waals surface area contributed by atoms with Crippen molar-refractivity contribution in [2.24, 2.45) is 0 Å². The molecule has 1 aliphatic rings. The molecule has 0 aromatic carbocycles. The number of allylic oxidation sites excluding steroid dienone is 2. The van der Waals surface area contributed by atoms with Crippen LogP contribution < -0.4 is 0 Å². The number of Topliss-reactive ketones (excluding diaryl/α,β-unsaturated/α-hetero) is 1. The van der Waals surface area contributed by atoms with E-state index >= 15 is 0 Å². The fraction of sp³-hybridized carbons (Fsp3) is 0.200. The van der Waals surface area contributed by atoms with E-state index in [0.29, 0.717) is 6.42 Å². The summed E-state index contributed by atoms with van der Waals surface area (Å²) in [5.41, 5.74) is 0. The number of carbonyl (C=O) groups excluding carboxylic acids is 1. The Morgan fingerprint density at radius 3 is 2.67 bits per heavy atom. The van der Waals surface area contributed by atoms with Crippen LogP contribution in [0.3, 0.4) is 0 Å². The van der Waals surface area contributed by atoms with E-state index in [1.807, 2.05) is 6.08 Å². The molecule has 0 aromatic heterocycles. The highest BCUT2D eigenvalue weighted by Crippen LogP contribution is 1.99. The van der Waals surface area contributed by atoms with Crippen LogP contribution in [0.4, 0.5) is 0 Å². The molecule has 0 saturated heterocycles. The average molecular weight is 81.1 g/mol. The maximum absolute atomic E-state index is 10.1. The molecule has 0 aromatic rings. The molecule has 1 radical (unpaired) electrons. The predicted molar refractivity (Wildman–Crippen MR) is 23.1 cm³/mol. The number of carbonyl (C=O) groups is 1. The van der Waals surface area contributed by atoms with Crippen LogP contribution in [0.25, 0.3) is 0 Å². The molecular formula is C5H5O. The van der Waals surface area contributed by atoms with E-state index in [1.54, 1.807) is 12.5 Å². The predicted octanol–water partition coefficient (Wildman–Crippen LogP) is 0.720. The standard InChI is InChI=1S/C5H5O/c6-5-3-1-2-4-5/h1-3H,4H2. The summed E-state index contributed by atoms with van der Waals surface area (Å²) < 4.78 is 0. The van der Waals surface area contributed by atoms with Gasteiger partial charge in [-0.05, 0) is 0 Å². The summed E-state index contributed by atoms with van der Waals surface area (Å²) in [6.07, 6.45) is 5.82. The summed E-state index contributed by atoms with van der Waals surface area (Å²) >= 11 is 0. The van der Waals surface area contributed by atoms with Crippen LogP contribution in [0.1, 0.15) is 6.42 Å². The highest BCUT2D eigenvalue weighted by atomic mass is 16.1. The zero-order chi connectivity index (χ0) is 4.41. The van der Waals surface area contributed by atoms with E-state index in [9.17, 15) is 4.79 Å².